The Morgan fingerprint density at radius 1 is 0.350 bits per heavy atom. The van der Waals surface area contributed by atoms with E-state index in [9.17, 15) is 19.8 Å². The standard InChI is InChI=1S/C74H143NO5/c1-3-5-7-9-11-13-15-17-19-21-23-24-25-26-27-28-31-34-38-42-46-50-54-58-62-66-72(77)71(70-76)75-73(78)67-63-59-55-51-47-43-39-35-32-29-30-33-37-41-45-49-53-57-61-65-69-80-74(79)68-64-60-56-52-48-44-40-36-22-20-18-16-14-12-10-8-6-4-2/h14,16,20,22,71-72,76-77H,3-13,15,17-19,21,23-70H2,1-2H3,(H,75,78)/b16-14-,22-20-. The van der Waals surface area contributed by atoms with Crippen LogP contribution in [0, 0.1) is 0 Å². The van der Waals surface area contributed by atoms with E-state index in [2.05, 4.69) is 43.5 Å². The summed E-state index contributed by atoms with van der Waals surface area (Å²) in [5, 5.41) is 23.5. The van der Waals surface area contributed by atoms with Crippen LogP contribution in [0.2, 0.25) is 0 Å². The van der Waals surface area contributed by atoms with Gasteiger partial charge in [-0.05, 0) is 57.8 Å². The van der Waals surface area contributed by atoms with Crippen LogP contribution in [0.3, 0.4) is 0 Å². The molecule has 0 aliphatic carbocycles. The number of nitrogens with one attached hydrogen (secondary N) is 1. The van der Waals surface area contributed by atoms with Gasteiger partial charge in [-0.25, -0.2) is 0 Å². The molecule has 0 radical (unpaired) electrons. The lowest BCUT2D eigenvalue weighted by molar-refractivity contribution is -0.143. The van der Waals surface area contributed by atoms with Gasteiger partial charge in [-0.2, -0.15) is 0 Å². The topological polar surface area (TPSA) is 95.9 Å². The molecule has 1 amide bonds. The summed E-state index contributed by atoms with van der Waals surface area (Å²) in [6.07, 6.45) is 88.0. The number of hydrogen-bond donors (Lipinski definition) is 3. The number of aliphatic hydroxyl groups is 2. The molecule has 0 spiro atoms. The summed E-state index contributed by atoms with van der Waals surface area (Å²) in [6, 6.07) is -0.545. The van der Waals surface area contributed by atoms with Crippen LogP contribution in [0.25, 0.3) is 0 Å². The molecule has 3 N–H and O–H groups in total. The molecular formula is C74H143NO5. The summed E-state index contributed by atoms with van der Waals surface area (Å²) >= 11 is 0. The summed E-state index contributed by atoms with van der Waals surface area (Å²) < 4.78 is 5.50. The zero-order valence-corrected chi connectivity index (χ0v) is 54.3. The van der Waals surface area contributed by atoms with E-state index in [0.29, 0.717) is 25.9 Å². The Balaban J connectivity index is 3.39. The Hall–Kier alpha value is -1.66. The highest BCUT2D eigenvalue weighted by atomic mass is 16.5. The van der Waals surface area contributed by atoms with Crippen molar-refractivity contribution in [3.8, 4) is 0 Å². The predicted molar refractivity (Wildman–Crippen MR) is 352 cm³/mol. The molecule has 2 atom stereocenters. The first-order valence-electron chi connectivity index (χ1n) is 36.6. The third-order valence-corrected chi connectivity index (χ3v) is 17.3. The summed E-state index contributed by atoms with van der Waals surface area (Å²) in [4.78, 5) is 24.7. The molecule has 0 saturated heterocycles. The van der Waals surface area contributed by atoms with E-state index in [1.54, 1.807) is 0 Å². The molecule has 0 aromatic carbocycles. The van der Waals surface area contributed by atoms with Crippen LogP contribution in [0.15, 0.2) is 24.3 Å². The Bertz CT molecular complexity index is 1250. The van der Waals surface area contributed by atoms with Gasteiger partial charge in [0.05, 0.1) is 25.4 Å². The molecule has 0 aromatic heterocycles. The SMILES string of the molecule is CCCCCC/C=C\C/C=C\CCCCCCCCCC(=O)OCCCCCCCCCCCCCCCCCCCCCCC(=O)NC(CO)C(O)CCCCCCCCCCCCCCCCCCCCCCCCCCC. The lowest BCUT2D eigenvalue weighted by atomic mass is 10.0. The fraction of sp³-hybridized carbons (Fsp3) is 0.919. The van der Waals surface area contributed by atoms with Crippen LogP contribution in [-0.4, -0.2) is 47.4 Å². The first kappa shape index (κ1) is 78.3. The molecule has 2 unspecified atom stereocenters. The summed E-state index contributed by atoms with van der Waals surface area (Å²) in [5.74, 6) is -0.0272. The van der Waals surface area contributed by atoms with E-state index >= 15 is 0 Å². The average Bonchev–Trinajstić information content (AvgIpc) is 3.46. The van der Waals surface area contributed by atoms with Gasteiger partial charge in [0, 0.05) is 12.8 Å². The zero-order valence-electron chi connectivity index (χ0n) is 54.3. The van der Waals surface area contributed by atoms with Crippen molar-refractivity contribution in [1.82, 2.24) is 5.32 Å². The fourth-order valence-corrected chi connectivity index (χ4v) is 11.7. The van der Waals surface area contributed by atoms with Crippen molar-refractivity contribution in [3.63, 3.8) is 0 Å². The lowest BCUT2D eigenvalue weighted by Crippen LogP contribution is -2.45. The monoisotopic (exact) mass is 1130 g/mol. The molecule has 6 heteroatoms. The molecule has 0 aliphatic heterocycles. The number of carbonyl (C=O) groups excluding carboxylic acids is 2. The van der Waals surface area contributed by atoms with Crippen molar-refractivity contribution in [2.75, 3.05) is 13.2 Å². The van der Waals surface area contributed by atoms with E-state index in [-0.39, 0.29) is 18.5 Å². The lowest BCUT2D eigenvalue weighted by Gasteiger charge is -2.22. The molecule has 0 fully saturated rings. The Morgan fingerprint density at radius 2 is 0.625 bits per heavy atom. The van der Waals surface area contributed by atoms with Gasteiger partial charge in [-0.1, -0.05) is 366 Å². The van der Waals surface area contributed by atoms with Crippen molar-refractivity contribution in [2.45, 2.75) is 424 Å². The highest BCUT2D eigenvalue weighted by molar-refractivity contribution is 5.76. The maximum atomic E-state index is 12.6. The van der Waals surface area contributed by atoms with Crippen LogP contribution in [-0.2, 0) is 14.3 Å². The van der Waals surface area contributed by atoms with Gasteiger partial charge < -0.3 is 20.3 Å². The molecule has 0 aromatic rings. The average molecular weight is 1130 g/mol. The highest BCUT2D eigenvalue weighted by Crippen LogP contribution is 2.19. The van der Waals surface area contributed by atoms with Crippen LogP contribution < -0.4 is 5.32 Å². The predicted octanol–water partition coefficient (Wildman–Crippen LogP) is 23.7. The van der Waals surface area contributed by atoms with Gasteiger partial charge in [-0.15, -0.1) is 0 Å². The third kappa shape index (κ3) is 65.5. The number of esters is 1. The smallest absolute Gasteiger partial charge is 0.305 e. The quantitative estimate of drug-likeness (QED) is 0.0320. The van der Waals surface area contributed by atoms with Gasteiger partial charge in [-0.3, -0.25) is 9.59 Å². The van der Waals surface area contributed by atoms with Crippen LogP contribution in [0.5, 0.6) is 0 Å². The van der Waals surface area contributed by atoms with Crippen molar-refractivity contribution in [1.29, 1.82) is 0 Å². The van der Waals surface area contributed by atoms with Crippen LogP contribution >= 0.6 is 0 Å². The molecule has 0 rings (SSSR count). The normalized spacial score (nSPS) is 12.6. The van der Waals surface area contributed by atoms with E-state index in [1.807, 2.05) is 0 Å². The first-order valence-corrected chi connectivity index (χ1v) is 36.6. The second-order valence-corrected chi connectivity index (χ2v) is 25.3. The van der Waals surface area contributed by atoms with E-state index in [1.165, 1.54) is 327 Å². The third-order valence-electron chi connectivity index (χ3n) is 17.3. The van der Waals surface area contributed by atoms with E-state index in [4.69, 9.17) is 4.74 Å². The minimum Gasteiger partial charge on any atom is -0.466 e. The van der Waals surface area contributed by atoms with Crippen LogP contribution in [0.4, 0.5) is 0 Å². The number of rotatable bonds is 69. The maximum Gasteiger partial charge on any atom is 0.305 e. The first-order chi connectivity index (χ1) is 39.5. The second kappa shape index (κ2) is 69.8. The molecule has 474 valence electrons. The summed E-state index contributed by atoms with van der Waals surface area (Å²) in [7, 11) is 0. The summed E-state index contributed by atoms with van der Waals surface area (Å²) in [6.45, 7) is 4.97. The molecule has 0 heterocycles. The minimum atomic E-state index is -0.668. The van der Waals surface area contributed by atoms with Crippen LogP contribution in [0.1, 0.15) is 412 Å². The minimum absolute atomic E-state index is 0.00459. The number of hydrogen-bond acceptors (Lipinski definition) is 5. The van der Waals surface area contributed by atoms with Gasteiger partial charge in [0.25, 0.3) is 0 Å². The van der Waals surface area contributed by atoms with Gasteiger partial charge in [0.2, 0.25) is 5.91 Å². The van der Waals surface area contributed by atoms with Gasteiger partial charge in [0.1, 0.15) is 0 Å². The Kier molecular flexibility index (Phi) is 68.4. The zero-order chi connectivity index (χ0) is 57.8. The van der Waals surface area contributed by atoms with Crippen molar-refractivity contribution < 1.29 is 24.5 Å². The maximum absolute atomic E-state index is 12.6. The van der Waals surface area contributed by atoms with Crippen molar-refractivity contribution >= 4 is 11.9 Å². The molecule has 0 bridgehead atoms. The summed E-state index contributed by atoms with van der Waals surface area (Å²) in [5.41, 5.74) is 0. The number of allylic oxidation sites excluding steroid dienone is 4. The van der Waals surface area contributed by atoms with Gasteiger partial charge in [0.15, 0.2) is 0 Å². The molecular weight excluding hydrogens is 983 g/mol. The van der Waals surface area contributed by atoms with Crippen molar-refractivity contribution in [2.24, 2.45) is 0 Å². The molecule has 6 nitrogen and oxygen atoms in total. The second-order valence-electron chi connectivity index (χ2n) is 25.3. The van der Waals surface area contributed by atoms with Crippen molar-refractivity contribution in [3.05, 3.63) is 24.3 Å². The molecule has 0 saturated carbocycles. The number of aliphatic hydroxyl groups excluding tert-OH is 2. The highest BCUT2D eigenvalue weighted by Gasteiger charge is 2.20. The number of unbranched alkanes of at least 4 members (excludes halogenated alkanes) is 54. The van der Waals surface area contributed by atoms with E-state index in [0.717, 1.165) is 51.4 Å². The van der Waals surface area contributed by atoms with Gasteiger partial charge >= 0.3 is 5.97 Å². The van der Waals surface area contributed by atoms with E-state index < -0.39 is 12.1 Å². The largest absolute Gasteiger partial charge is 0.466 e. The molecule has 80 heavy (non-hydrogen) atoms. The molecule has 0 aliphatic rings. The Morgan fingerprint density at radius 3 is 0.963 bits per heavy atom. The number of carbonyl (C=O) groups is 2. The Labute approximate surface area is 501 Å². The number of amides is 1. The fourth-order valence-electron chi connectivity index (χ4n) is 11.7. The number of ether oxygens (including phenoxy) is 1.